The molecule has 0 amide bonds. The quantitative estimate of drug-likeness (QED) is 0.776. The van der Waals surface area contributed by atoms with Crippen LogP contribution in [-0.4, -0.2) is 23.3 Å². The Balaban J connectivity index is 1.76. The van der Waals surface area contributed by atoms with Gasteiger partial charge in [-0.2, -0.15) is 0 Å². The molecule has 0 radical (unpaired) electrons. The highest BCUT2D eigenvalue weighted by molar-refractivity contribution is 7.13. The zero-order valence-electron chi connectivity index (χ0n) is 8.32. The summed E-state index contributed by atoms with van der Waals surface area (Å²) in [5.74, 6) is 0.774. The van der Waals surface area contributed by atoms with E-state index in [2.05, 4.69) is 22.4 Å². The first-order valence-corrected chi connectivity index (χ1v) is 5.86. The minimum Gasteiger partial charge on any atom is -0.469 e. The highest BCUT2D eigenvalue weighted by atomic mass is 32.1. The summed E-state index contributed by atoms with van der Waals surface area (Å²) in [6.07, 6.45) is 2.62. The Hall–Kier alpha value is -0.680. The molecule has 0 aromatic carbocycles. The summed E-state index contributed by atoms with van der Waals surface area (Å²) in [5.41, 5.74) is 0. The maximum atomic E-state index is 5.51. The first-order chi connectivity index (χ1) is 6.88. The predicted molar refractivity (Wildman–Crippen MR) is 55.5 cm³/mol. The van der Waals surface area contributed by atoms with Crippen LogP contribution in [-0.2, 0) is 6.54 Å². The van der Waals surface area contributed by atoms with Gasteiger partial charge in [0.2, 0.25) is 0 Å². The molecule has 1 aromatic heterocycles. The molecule has 1 heterocycles. The van der Waals surface area contributed by atoms with Crippen molar-refractivity contribution in [1.29, 1.82) is 0 Å². The van der Waals surface area contributed by atoms with Crippen LogP contribution in [0.2, 0.25) is 0 Å². The van der Waals surface area contributed by atoms with Gasteiger partial charge in [0.1, 0.15) is 5.01 Å². The van der Waals surface area contributed by atoms with Gasteiger partial charge in [0, 0.05) is 6.54 Å². The zero-order valence-corrected chi connectivity index (χ0v) is 9.14. The fourth-order valence-electron chi connectivity index (χ4n) is 1.07. The van der Waals surface area contributed by atoms with E-state index < -0.39 is 0 Å². The fourth-order valence-corrected chi connectivity index (χ4v) is 1.74. The molecule has 0 bridgehead atoms. The lowest BCUT2D eigenvalue weighted by atomic mass is 10.5. The van der Waals surface area contributed by atoms with Crippen molar-refractivity contribution in [3.05, 3.63) is 5.01 Å². The van der Waals surface area contributed by atoms with E-state index in [9.17, 15) is 0 Å². The van der Waals surface area contributed by atoms with Crippen LogP contribution in [0, 0.1) is 5.92 Å². The molecule has 1 fully saturated rings. The largest absolute Gasteiger partial charge is 0.469 e. The standard InChI is InChI=1S/C9H15N3OS/c1-2-10-5-8-11-12-9(14-8)13-6-7-3-4-7/h7,10H,2-6H2,1H3. The number of hydrogen-bond donors (Lipinski definition) is 1. The lowest BCUT2D eigenvalue weighted by molar-refractivity contribution is 0.296. The lowest BCUT2D eigenvalue weighted by Gasteiger charge is -1.97. The Kier molecular flexibility index (Phi) is 3.31. The van der Waals surface area contributed by atoms with E-state index >= 15 is 0 Å². The number of nitrogens with zero attached hydrogens (tertiary/aromatic N) is 2. The van der Waals surface area contributed by atoms with Gasteiger partial charge in [0.15, 0.2) is 0 Å². The van der Waals surface area contributed by atoms with Crippen LogP contribution in [0.5, 0.6) is 5.19 Å². The first kappa shape index (κ1) is 9.86. The van der Waals surface area contributed by atoms with Gasteiger partial charge in [-0.25, -0.2) is 0 Å². The molecule has 0 aliphatic heterocycles. The van der Waals surface area contributed by atoms with Gasteiger partial charge in [0.05, 0.1) is 6.61 Å². The summed E-state index contributed by atoms with van der Waals surface area (Å²) in [7, 11) is 0. The number of hydrogen-bond acceptors (Lipinski definition) is 5. The second kappa shape index (κ2) is 4.70. The van der Waals surface area contributed by atoms with Crippen molar-refractivity contribution in [3.63, 3.8) is 0 Å². The van der Waals surface area contributed by atoms with Gasteiger partial charge < -0.3 is 10.1 Å². The molecule has 0 unspecified atom stereocenters. The van der Waals surface area contributed by atoms with Crippen molar-refractivity contribution in [2.24, 2.45) is 5.92 Å². The van der Waals surface area contributed by atoms with E-state index in [0.29, 0.717) is 5.19 Å². The second-order valence-electron chi connectivity index (χ2n) is 3.50. The summed E-state index contributed by atoms with van der Waals surface area (Å²) in [5, 5.41) is 12.9. The maximum Gasteiger partial charge on any atom is 0.294 e. The molecular weight excluding hydrogens is 198 g/mol. The Morgan fingerprint density at radius 3 is 3.07 bits per heavy atom. The third-order valence-electron chi connectivity index (χ3n) is 2.11. The summed E-state index contributed by atoms with van der Waals surface area (Å²) < 4.78 is 5.51. The Labute approximate surface area is 87.7 Å². The summed E-state index contributed by atoms with van der Waals surface area (Å²) in [6, 6.07) is 0. The Bertz CT molecular complexity index is 285. The van der Waals surface area contributed by atoms with Gasteiger partial charge in [-0.15, -0.1) is 10.2 Å². The van der Waals surface area contributed by atoms with Gasteiger partial charge >= 0.3 is 0 Å². The van der Waals surface area contributed by atoms with Gasteiger partial charge in [-0.05, 0) is 25.3 Å². The Morgan fingerprint density at radius 1 is 1.50 bits per heavy atom. The molecule has 2 rings (SSSR count). The number of ether oxygens (including phenoxy) is 1. The van der Waals surface area contributed by atoms with Crippen LogP contribution in [0.25, 0.3) is 0 Å². The van der Waals surface area contributed by atoms with Crippen molar-refractivity contribution in [2.45, 2.75) is 26.3 Å². The number of rotatable bonds is 6. The third-order valence-corrected chi connectivity index (χ3v) is 2.95. The molecule has 1 N–H and O–H groups in total. The molecular formula is C9H15N3OS. The van der Waals surface area contributed by atoms with Crippen molar-refractivity contribution in [1.82, 2.24) is 15.5 Å². The van der Waals surface area contributed by atoms with Crippen LogP contribution in [0.3, 0.4) is 0 Å². The van der Waals surface area contributed by atoms with E-state index in [1.807, 2.05) is 0 Å². The maximum absolute atomic E-state index is 5.51. The van der Waals surface area contributed by atoms with Gasteiger partial charge in [-0.3, -0.25) is 0 Å². The molecule has 4 nitrogen and oxygen atoms in total. The molecule has 14 heavy (non-hydrogen) atoms. The van der Waals surface area contributed by atoms with Crippen molar-refractivity contribution >= 4 is 11.3 Å². The predicted octanol–water partition coefficient (Wildman–Crippen LogP) is 1.44. The highest BCUT2D eigenvalue weighted by Crippen LogP contribution is 2.30. The highest BCUT2D eigenvalue weighted by Gasteiger charge is 2.22. The molecule has 0 saturated heterocycles. The molecule has 1 aliphatic rings. The Morgan fingerprint density at radius 2 is 2.36 bits per heavy atom. The minimum atomic E-state index is 0.713. The smallest absolute Gasteiger partial charge is 0.294 e. The molecule has 1 saturated carbocycles. The molecule has 0 spiro atoms. The van der Waals surface area contributed by atoms with Crippen LogP contribution in [0.4, 0.5) is 0 Å². The monoisotopic (exact) mass is 213 g/mol. The van der Waals surface area contributed by atoms with Crippen molar-refractivity contribution in [3.8, 4) is 5.19 Å². The SMILES string of the molecule is CCNCc1nnc(OCC2CC2)s1. The lowest BCUT2D eigenvalue weighted by Crippen LogP contribution is -2.11. The van der Waals surface area contributed by atoms with Crippen molar-refractivity contribution in [2.75, 3.05) is 13.2 Å². The zero-order chi connectivity index (χ0) is 9.80. The van der Waals surface area contributed by atoms with E-state index in [-0.39, 0.29) is 0 Å². The van der Waals surface area contributed by atoms with Crippen LogP contribution >= 0.6 is 11.3 Å². The third kappa shape index (κ3) is 2.92. The van der Waals surface area contributed by atoms with Crippen LogP contribution in [0.1, 0.15) is 24.8 Å². The van der Waals surface area contributed by atoms with E-state index in [1.54, 1.807) is 0 Å². The van der Waals surface area contributed by atoms with Gasteiger partial charge in [-0.1, -0.05) is 18.3 Å². The first-order valence-electron chi connectivity index (χ1n) is 5.04. The molecule has 0 atom stereocenters. The molecule has 1 aromatic rings. The fraction of sp³-hybridized carbons (Fsp3) is 0.778. The minimum absolute atomic E-state index is 0.713. The average molecular weight is 213 g/mol. The van der Waals surface area contributed by atoms with Crippen molar-refractivity contribution < 1.29 is 4.74 Å². The summed E-state index contributed by atoms with van der Waals surface area (Å²) >= 11 is 1.54. The van der Waals surface area contributed by atoms with E-state index in [0.717, 1.165) is 30.6 Å². The second-order valence-corrected chi connectivity index (χ2v) is 4.52. The van der Waals surface area contributed by atoms with Crippen LogP contribution < -0.4 is 10.1 Å². The van der Waals surface area contributed by atoms with E-state index in [1.165, 1.54) is 24.2 Å². The van der Waals surface area contributed by atoms with Crippen LogP contribution in [0.15, 0.2) is 0 Å². The molecule has 1 aliphatic carbocycles. The topological polar surface area (TPSA) is 47.0 Å². The van der Waals surface area contributed by atoms with E-state index in [4.69, 9.17) is 4.74 Å². The molecule has 78 valence electrons. The number of nitrogens with one attached hydrogen (secondary N) is 1. The number of aromatic nitrogens is 2. The summed E-state index contributed by atoms with van der Waals surface area (Å²) in [6.45, 7) is 4.64. The normalized spacial score (nSPS) is 15.8. The molecule has 5 heteroatoms. The average Bonchev–Trinajstić information content (AvgIpc) is 2.92. The van der Waals surface area contributed by atoms with Gasteiger partial charge in [0.25, 0.3) is 5.19 Å². The summed E-state index contributed by atoms with van der Waals surface area (Å²) in [4.78, 5) is 0.